The molecule has 1 aliphatic carbocycles. The van der Waals surface area contributed by atoms with Gasteiger partial charge in [-0.3, -0.25) is 13.9 Å². The Morgan fingerprint density at radius 2 is 1.68 bits per heavy atom. The summed E-state index contributed by atoms with van der Waals surface area (Å²) < 4.78 is 27.9. The van der Waals surface area contributed by atoms with E-state index in [1.807, 2.05) is 54.6 Å². The van der Waals surface area contributed by atoms with Crippen molar-refractivity contribution in [3.63, 3.8) is 0 Å². The number of carbonyl (C=O) groups is 2. The average Bonchev–Trinajstić information content (AvgIpc) is 3.42. The molecule has 1 saturated carbocycles. The molecule has 1 N–H and O–H groups in total. The summed E-state index contributed by atoms with van der Waals surface area (Å²) in [6.45, 7) is 1.42. The Hall–Kier alpha value is -2.88. The number of nitrogens with one attached hydrogen (secondary N) is 1. The van der Waals surface area contributed by atoms with Gasteiger partial charge in [0.05, 0.1) is 11.9 Å². The Morgan fingerprint density at radius 3 is 2.32 bits per heavy atom. The van der Waals surface area contributed by atoms with E-state index in [0.29, 0.717) is 16.3 Å². The van der Waals surface area contributed by atoms with Crippen molar-refractivity contribution in [1.29, 1.82) is 0 Å². The van der Waals surface area contributed by atoms with Gasteiger partial charge in [0.1, 0.15) is 12.6 Å². The molecular formula is C31H35BrClN3O4S. The van der Waals surface area contributed by atoms with Crippen LogP contribution >= 0.6 is 27.5 Å². The third-order valence-electron chi connectivity index (χ3n) is 7.32. The largest absolute Gasteiger partial charge is 0.352 e. The summed E-state index contributed by atoms with van der Waals surface area (Å²) in [4.78, 5) is 29.6. The van der Waals surface area contributed by atoms with Crippen molar-refractivity contribution in [3.8, 4) is 0 Å². The fourth-order valence-corrected chi connectivity index (χ4v) is 6.83. The topological polar surface area (TPSA) is 86.8 Å². The molecular weight excluding hydrogens is 626 g/mol. The molecule has 0 aliphatic heterocycles. The molecule has 0 spiro atoms. The second kappa shape index (κ2) is 13.9. The molecule has 41 heavy (non-hydrogen) atoms. The molecule has 10 heteroatoms. The Labute approximate surface area is 256 Å². The number of sulfonamides is 1. The Morgan fingerprint density at radius 1 is 1.00 bits per heavy atom. The van der Waals surface area contributed by atoms with E-state index in [9.17, 15) is 18.0 Å². The number of anilines is 1. The number of hydrogen-bond donors (Lipinski definition) is 1. The van der Waals surface area contributed by atoms with Crippen LogP contribution in [-0.4, -0.2) is 50.0 Å². The summed E-state index contributed by atoms with van der Waals surface area (Å²) in [7, 11) is -3.85. The highest BCUT2D eigenvalue weighted by Gasteiger charge is 2.34. The molecule has 0 saturated heterocycles. The SMILES string of the molecule is Cc1cc(Cl)ccc1N(CC(=O)N(Cc1cccc(Br)c1)[C@H](Cc1ccccc1)C(=O)NC1CCCC1)S(C)(=O)=O. The maximum Gasteiger partial charge on any atom is 0.244 e. The highest BCUT2D eigenvalue weighted by atomic mass is 79.9. The molecule has 0 radical (unpaired) electrons. The molecule has 0 heterocycles. The monoisotopic (exact) mass is 659 g/mol. The summed E-state index contributed by atoms with van der Waals surface area (Å²) in [6.07, 6.45) is 5.28. The summed E-state index contributed by atoms with van der Waals surface area (Å²) >= 11 is 9.62. The number of benzene rings is 3. The van der Waals surface area contributed by atoms with Crippen molar-refractivity contribution in [2.45, 2.75) is 57.7 Å². The predicted octanol–water partition coefficient (Wildman–Crippen LogP) is 5.88. The van der Waals surface area contributed by atoms with Gasteiger partial charge in [0, 0.05) is 28.5 Å². The molecule has 3 aromatic carbocycles. The number of nitrogens with zero attached hydrogens (tertiary/aromatic N) is 2. The zero-order valence-corrected chi connectivity index (χ0v) is 26.4. The number of hydrogen-bond acceptors (Lipinski definition) is 4. The molecule has 2 amide bonds. The lowest BCUT2D eigenvalue weighted by Crippen LogP contribution is -2.54. The molecule has 0 aromatic heterocycles. The van der Waals surface area contributed by atoms with Gasteiger partial charge >= 0.3 is 0 Å². The van der Waals surface area contributed by atoms with Crippen molar-refractivity contribution >= 4 is 55.1 Å². The van der Waals surface area contributed by atoms with Crippen LogP contribution in [0.1, 0.15) is 42.4 Å². The number of aryl methyl sites for hydroxylation is 1. The highest BCUT2D eigenvalue weighted by Crippen LogP contribution is 2.27. The third-order valence-corrected chi connectivity index (χ3v) is 9.18. The second-order valence-electron chi connectivity index (χ2n) is 10.5. The van der Waals surface area contributed by atoms with Gasteiger partial charge in [-0.25, -0.2) is 8.42 Å². The van der Waals surface area contributed by atoms with Crippen LogP contribution in [0.15, 0.2) is 77.3 Å². The minimum Gasteiger partial charge on any atom is -0.352 e. The van der Waals surface area contributed by atoms with Crippen molar-refractivity contribution in [1.82, 2.24) is 10.2 Å². The van der Waals surface area contributed by atoms with E-state index in [1.54, 1.807) is 25.1 Å². The fraction of sp³-hybridized carbons (Fsp3) is 0.355. The van der Waals surface area contributed by atoms with E-state index in [2.05, 4.69) is 21.2 Å². The molecule has 1 fully saturated rings. The van der Waals surface area contributed by atoms with Crippen LogP contribution in [-0.2, 0) is 32.6 Å². The van der Waals surface area contributed by atoms with Gasteiger partial charge < -0.3 is 10.2 Å². The van der Waals surface area contributed by atoms with Gasteiger partial charge in [-0.2, -0.15) is 0 Å². The Bertz CT molecular complexity index is 1480. The van der Waals surface area contributed by atoms with Crippen LogP contribution in [0, 0.1) is 6.92 Å². The summed E-state index contributed by atoms with van der Waals surface area (Å²) in [5.41, 5.74) is 2.70. The first-order valence-corrected chi connectivity index (χ1v) is 16.7. The van der Waals surface area contributed by atoms with Gasteiger partial charge in [-0.15, -0.1) is 0 Å². The quantitative estimate of drug-likeness (QED) is 0.279. The third kappa shape index (κ3) is 8.56. The van der Waals surface area contributed by atoms with E-state index in [1.165, 1.54) is 4.90 Å². The molecule has 4 rings (SSSR count). The molecule has 0 bridgehead atoms. The molecule has 7 nitrogen and oxygen atoms in total. The zero-order chi connectivity index (χ0) is 29.6. The first-order chi connectivity index (χ1) is 19.5. The molecule has 1 aliphatic rings. The van der Waals surface area contributed by atoms with Crippen LogP contribution in [0.25, 0.3) is 0 Å². The summed E-state index contributed by atoms with van der Waals surface area (Å²) in [5.74, 6) is -0.718. The van der Waals surface area contributed by atoms with Crippen LogP contribution in [0.2, 0.25) is 5.02 Å². The number of halogens is 2. The Balaban J connectivity index is 1.74. The second-order valence-corrected chi connectivity index (χ2v) is 13.8. The van der Waals surface area contributed by atoms with E-state index < -0.39 is 28.5 Å². The maximum absolute atomic E-state index is 14.2. The van der Waals surface area contributed by atoms with Gasteiger partial charge in [-0.05, 0) is 66.8 Å². The van der Waals surface area contributed by atoms with E-state index in [4.69, 9.17) is 11.6 Å². The Kier molecular flexibility index (Phi) is 10.5. The van der Waals surface area contributed by atoms with Crippen LogP contribution in [0.4, 0.5) is 5.69 Å². The standard InChI is InChI=1S/C31H35BrClN3O4S/c1-22-17-26(33)15-16-28(22)36(41(2,39)40)21-30(37)35(20-24-11-8-12-25(32)18-24)29(19-23-9-4-3-5-10-23)31(38)34-27-13-6-7-14-27/h3-5,8-12,15-18,27,29H,6-7,13-14,19-21H2,1-2H3,(H,34,38)/t29-/m1/s1. The minimum atomic E-state index is -3.85. The lowest BCUT2D eigenvalue weighted by molar-refractivity contribution is -0.140. The van der Waals surface area contributed by atoms with Crippen molar-refractivity contribution in [3.05, 3.63) is 99.0 Å². The van der Waals surface area contributed by atoms with Crippen molar-refractivity contribution in [2.24, 2.45) is 0 Å². The molecule has 3 aromatic rings. The first kappa shape index (κ1) is 31.1. The van der Waals surface area contributed by atoms with E-state index in [-0.39, 0.29) is 24.9 Å². The van der Waals surface area contributed by atoms with Crippen molar-refractivity contribution in [2.75, 3.05) is 17.1 Å². The number of amides is 2. The van der Waals surface area contributed by atoms with Gasteiger partial charge in [0.25, 0.3) is 0 Å². The average molecular weight is 661 g/mol. The van der Waals surface area contributed by atoms with Crippen LogP contribution in [0.5, 0.6) is 0 Å². The smallest absolute Gasteiger partial charge is 0.244 e. The highest BCUT2D eigenvalue weighted by molar-refractivity contribution is 9.10. The van der Waals surface area contributed by atoms with Gasteiger partial charge in [0.15, 0.2) is 0 Å². The normalized spacial score (nSPS) is 14.4. The van der Waals surface area contributed by atoms with Crippen LogP contribution < -0.4 is 9.62 Å². The van der Waals surface area contributed by atoms with Gasteiger partial charge in [-0.1, -0.05) is 82.8 Å². The summed E-state index contributed by atoms with van der Waals surface area (Å²) in [5, 5.41) is 3.64. The molecule has 218 valence electrons. The zero-order valence-electron chi connectivity index (χ0n) is 23.2. The van der Waals surface area contributed by atoms with Crippen LogP contribution in [0.3, 0.4) is 0 Å². The maximum atomic E-state index is 14.2. The van der Waals surface area contributed by atoms with E-state index in [0.717, 1.165) is 51.8 Å². The predicted molar refractivity (Wildman–Crippen MR) is 167 cm³/mol. The minimum absolute atomic E-state index is 0.0628. The lowest BCUT2D eigenvalue weighted by Gasteiger charge is -2.34. The number of rotatable bonds is 11. The lowest BCUT2D eigenvalue weighted by atomic mass is 10.0. The fourth-order valence-electron chi connectivity index (χ4n) is 5.25. The van der Waals surface area contributed by atoms with Crippen molar-refractivity contribution < 1.29 is 18.0 Å². The molecule has 0 unspecified atom stereocenters. The first-order valence-electron chi connectivity index (χ1n) is 13.6. The van der Waals surface area contributed by atoms with E-state index >= 15 is 0 Å². The van der Waals surface area contributed by atoms with Gasteiger partial charge in [0.2, 0.25) is 21.8 Å². The summed E-state index contributed by atoms with van der Waals surface area (Å²) in [6, 6.07) is 21.2. The number of carbonyl (C=O) groups excluding carboxylic acids is 2. The molecule has 1 atom stereocenters.